The van der Waals surface area contributed by atoms with Crippen LogP contribution in [0.2, 0.25) is 0 Å². The van der Waals surface area contributed by atoms with Crippen molar-refractivity contribution in [3.63, 3.8) is 0 Å². The predicted octanol–water partition coefficient (Wildman–Crippen LogP) is 4.41. The van der Waals surface area contributed by atoms with E-state index in [0.29, 0.717) is 17.2 Å². The van der Waals surface area contributed by atoms with Crippen LogP contribution in [0.1, 0.15) is 40.0 Å². The van der Waals surface area contributed by atoms with Gasteiger partial charge in [0.05, 0.1) is 6.10 Å². The van der Waals surface area contributed by atoms with Gasteiger partial charge in [-0.25, -0.2) is 4.98 Å². The van der Waals surface area contributed by atoms with Gasteiger partial charge < -0.3 is 10.5 Å². The molecule has 0 saturated heterocycles. The second-order valence-electron chi connectivity index (χ2n) is 7.22. The van der Waals surface area contributed by atoms with E-state index in [0.717, 1.165) is 29.5 Å². The van der Waals surface area contributed by atoms with E-state index < -0.39 is 0 Å². The number of hydrogen-bond donors (Lipinski definition) is 1. The summed E-state index contributed by atoms with van der Waals surface area (Å²) < 4.78 is 6.31. The summed E-state index contributed by atoms with van der Waals surface area (Å²) in [5.74, 6) is 2.09. The van der Waals surface area contributed by atoms with E-state index in [1.165, 1.54) is 6.42 Å². The van der Waals surface area contributed by atoms with Crippen molar-refractivity contribution in [2.45, 2.75) is 46.1 Å². The molecule has 1 aromatic carbocycles. The lowest BCUT2D eigenvalue weighted by Gasteiger charge is -2.38. The van der Waals surface area contributed by atoms with Crippen LogP contribution < -0.4 is 10.5 Å². The van der Waals surface area contributed by atoms with Gasteiger partial charge in [-0.05, 0) is 48.8 Å². The summed E-state index contributed by atoms with van der Waals surface area (Å²) in [5.41, 5.74) is 7.04. The third kappa shape index (κ3) is 3.12. The SMILES string of the molecule is C[C@H]1C[C@@H](Oc2cccc3ccc(N)nc23)CC(C)(C)C1. The maximum atomic E-state index is 6.31. The molecule has 1 heterocycles. The van der Waals surface area contributed by atoms with E-state index >= 15 is 0 Å². The quantitative estimate of drug-likeness (QED) is 0.888. The van der Waals surface area contributed by atoms with Crippen molar-refractivity contribution < 1.29 is 4.74 Å². The largest absolute Gasteiger partial charge is 0.488 e. The lowest BCUT2D eigenvalue weighted by molar-refractivity contribution is 0.0571. The molecule has 1 saturated carbocycles. The van der Waals surface area contributed by atoms with E-state index in [2.05, 4.69) is 25.8 Å². The molecule has 3 nitrogen and oxygen atoms in total. The molecule has 0 spiro atoms. The number of nitrogen functional groups attached to an aromatic ring is 1. The zero-order chi connectivity index (χ0) is 15.0. The molecule has 1 fully saturated rings. The van der Waals surface area contributed by atoms with Crippen molar-refractivity contribution in [3.8, 4) is 5.75 Å². The van der Waals surface area contributed by atoms with Crippen LogP contribution in [0.3, 0.4) is 0 Å². The summed E-state index contributed by atoms with van der Waals surface area (Å²) in [5, 5.41) is 1.07. The van der Waals surface area contributed by atoms with Gasteiger partial charge in [0.1, 0.15) is 17.1 Å². The van der Waals surface area contributed by atoms with Gasteiger partial charge in [-0.3, -0.25) is 0 Å². The Morgan fingerprint density at radius 3 is 2.76 bits per heavy atom. The summed E-state index contributed by atoms with van der Waals surface area (Å²) in [6.45, 7) is 6.98. The number of fused-ring (bicyclic) bond motifs is 1. The Hall–Kier alpha value is -1.77. The smallest absolute Gasteiger partial charge is 0.146 e. The topological polar surface area (TPSA) is 48.1 Å². The van der Waals surface area contributed by atoms with Crippen molar-refractivity contribution in [2.75, 3.05) is 5.73 Å². The number of hydrogen-bond acceptors (Lipinski definition) is 3. The lowest BCUT2D eigenvalue weighted by atomic mass is 9.71. The Bertz CT molecular complexity index is 651. The zero-order valence-electron chi connectivity index (χ0n) is 13.1. The fourth-order valence-electron chi connectivity index (χ4n) is 3.76. The maximum absolute atomic E-state index is 6.31. The second-order valence-corrected chi connectivity index (χ2v) is 7.22. The number of para-hydroxylation sites is 1. The molecule has 2 N–H and O–H groups in total. The first-order valence-corrected chi connectivity index (χ1v) is 7.75. The number of benzene rings is 1. The van der Waals surface area contributed by atoms with Gasteiger partial charge in [-0.1, -0.05) is 32.9 Å². The third-order valence-electron chi connectivity index (χ3n) is 4.34. The zero-order valence-corrected chi connectivity index (χ0v) is 13.1. The Kier molecular flexibility index (Phi) is 3.52. The molecule has 0 amide bonds. The summed E-state index contributed by atoms with van der Waals surface area (Å²) in [4.78, 5) is 4.45. The molecule has 0 bridgehead atoms. The highest BCUT2D eigenvalue weighted by Crippen LogP contribution is 2.40. The highest BCUT2D eigenvalue weighted by Gasteiger charge is 2.33. The van der Waals surface area contributed by atoms with Gasteiger partial charge in [-0.2, -0.15) is 0 Å². The fourth-order valence-corrected chi connectivity index (χ4v) is 3.76. The molecule has 2 aromatic rings. The lowest BCUT2D eigenvalue weighted by Crippen LogP contribution is -2.34. The molecule has 0 aliphatic heterocycles. The van der Waals surface area contributed by atoms with Gasteiger partial charge in [0.2, 0.25) is 0 Å². The van der Waals surface area contributed by atoms with Crippen molar-refractivity contribution in [3.05, 3.63) is 30.3 Å². The van der Waals surface area contributed by atoms with Gasteiger partial charge in [0.15, 0.2) is 0 Å². The summed E-state index contributed by atoms with van der Waals surface area (Å²) in [6.07, 6.45) is 3.74. The number of ether oxygens (including phenoxy) is 1. The Morgan fingerprint density at radius 2 is 2.00 bits per heavy atom. The van der Waals surface area contributed by atoms with E-state index in [1.807, 2.05) is 30.3 Å². The minimum atomic E-state index is 0.262. The van der Waals surface area contributed by atoms with Crippen molar-refractivity contribution >= 4 is 16.7 Å². The number of rotatable bonds is 2. The summed E-state index contributed by atoms with van der Waals surface area (Å²) >= 11 is 0. The minimum Gasteiger partial charge on any atom is -0.488 e. The van der Waals surface area contributed by atoms with Crippen LogP contribution in [0.15, 0.2) is 30.3 Å². The number of nitrogens with zero attached hydrogens (tertiary/aromatic N) is 1. The molecule has 1 aliphatic rings. The van der Waals surface area contributed by atoms with Gasteiger partial charge >= 0.3 is 0 Å². The van der Waals surface area contributed by atoms with Gasteiger partial charge in [0.25, 0.3) is 0 Å². The first-order valence-electron chi connectivity index (χ1n) is 7.75. The third-order valence-corrected chi connectivity index (χ3v) is 4.34. The first kappa shape index (κ1) is 14.2. The van der Waals surface area contributed by atoms with Crippen molar-refractivity contribution in [1.29, 1.82) is 0 Å². The molecule has 21 heavy (non-hydrogen) atoms. The fraction of sp³-hybridized carbons (Fsp3) is 0.500. The highest BCUT2D eigenvalue weighted by molar-refractivity contribution is 5.85. The maximum Gasteiger partial charge on any atom is 0.146 e. The van der Waals surface area contributed by atoms with Crippen LogP contribution in [0.25, 0.3) is 10.9 Å². The molecule has 1 aromatic heterocycles. The highest BCUT2D eigenvalue weighted by atomic mass is 16.5. The molecule has 0 radical (unpaired) electrons. The Balaban J connectivity index is 1.89. The van der Waals surface area contributed by atoms with Crippen LogP contribution in [0.4, 0.5) is 5.82 Å². The number of nitrogens with two attached hydrogens (primary N) is 1. The molecule has 2 atom stereocenters. The molecule has 112 valence electrons. The number of aromatic nitrogens is 1. The van der Waals surface area contributed by atoms with Crippen LogP contribution in [0.5, 0.6) is 5.75 Å². The van der Waals surface area contributed by atoms with E-state index in [1.54, 1.807) is 0 Å². The average Bonchev–Trinajstić information content (AvgIpc) is 2.37. The van der Waals surface area contributed by atoms with Crippen LogP contribution in [-0.4, -0.2) is 11.1 Å². The van der Waals surface area contributed by atoms with E-state index in [-0.39, 0.29) is 6.10 Å². The molecular weight excluding hydrogens is 260 g/mol. The van der Waals surface area contributed by atoms with Gasteiger partial charge in [-0.15, -0.1) is 0 Å². The first-order chi connectivity index (χ1) is 9.93. The summed E-state index contributed by atoms with van der Waals surface area (Å²) in [7, 11) is 0. The number of anilines is 1. The monoisotopic (exact) mass is 284 g/mol. The predicted molar refractivity (Wildman–Crippen MR) is 87.4 cm³/mol. The van der Waals surface area contributed by atoms with E-state index in [9.17, 15) is 0 Å². The molecular formula is C18H24N2O. The summed E-state index contributed by atoms with van der Waals surface area (Å²) in [6, 6.07) is 9.89. The van der Waals surface area contributed by atoms with Gasteiger partial charge in [0, 0.05) is 5.39 Å². The Morgan fingerprint density at radius 1 is 1.19 bits per heavy atom. The Labute approximate surface area is 126 Å². The number of pyridine rings is 1. The molecule has 3 rings (SSSR count). The van der Waals surface area contributed by atoms with Crippen molar-refractivity contribution in [1.82, 2.24) is 4.98 Å². The van der Waals surface area contributed by atoms with E-state index in [4.69, 9.17) is 10.5 Å². The average molecular weight is 284 g/mol. The minimum absolute atomic E-state index is 0.262. The standard InChI is InChI=1S/C18H24N2O/c1-12-9-14(11-18(2,3)10-12)21-15-6-4-5-13-7-8-16(19)20-17(13)15/h4-8,12,14H,9-11H2,1-3H3,(H2,19,20)/t12-,14+/m0/s1. The van der Waals surface area contributed by atoms with Crippen LogP contribution in [-0.2, 0) is 0 Å². The molecule has 3 heteroatoms. The van der Waals surface area contributed by atoms with Crippen LogP contribution in [0, 0.1) is 11.3 Å². The van der Waals surface area contributed by atoms with Crippen LogP contribution >= 0.6 is 0 Å². The second kappa shape index (κ2) is 5.21. The van der Waals surface area contributed by atoms with Crippen molar-refractivity contribution in [2.24, 2.45) is 11.3 Å². The molecule has 0 unspecified atom stereocenters. The molecule has 1 aliphatic carbocycles. The normalized spacial score (nSPS) is 24.9.